The fraction of sp³-hybridized carbons (Fsp3) is 0.263. The van der Waals surface area contributed by atoms with Gasteiger partial charge in [-0.2, -0.15) is 0 Å². The summed E-state index contributed by atoms with van der Waals surface area (Å²) < 4.78 is 15.5. The van der Waals surface area contributed by atoms with Crippen molar-refractivity contribution in [2.45, 2.75) is 19.6 Å². The third-order valence-electron chi connectivity index (χ3n) is 3.60. The van der Waals surface area contributed by atoms with Crippen LogP contribution in [0.5, 0.6) is 11.5 Å². The number of nitrogens with one attached hydrogen (secondary N) is 1. The van der Waals surface area contributed by atoms with Gasteiger partial charge in [-0.25, -0.2) is 4.79 Å². The second kappa shape index (κ2) is 8.73. The van der Waals surface area contributed by atoms with Gasteiger partial charge in [-0.05, 0) is 37.3 Å². The molecule has 1 unspecified atom stereocenters. The van der Waals surface area contributed by atoms with Gasteiger partial charge in [0, 0.05) is 12.1 Å². The average Bonchev–Trinajstić information content (AvgIpc) is 2.66. The molecule has 1 amide bonds. The highest BCUT2D eigenvalue weighted by Gasteiger charge is 2.15. The van der Waals surface area contributed by atoms with Crippen LogP contribution in [0.3, 0.4) is 0 Å². The molecule has 6 heteroatoms. The van der Waals surface area contributed by atoms with Crippen molar-refractivity contribution >= 4 is 11.9 Å². The monoisotopic (exact) mass is 343 g/mol. The summed E-state index contributed by atoms with van der Waals surface area (Å²) >= 11 is 0. The van der Waals surface area contributed by atoms with Gasteiger partial charge in [0.15, 0.2) is 6.10 Å². The minimum atomic E-state index is -0.682. The second-order valence-electron chi connectivity index (χ2n) is 5.31. The summed E-state index contributed by atoms with van der Waals surface area (Å²) in [6.45, 7) is 2.00. The van der Waals surface area contributed by atoms with Crippen molar-refractivity contribution in [3.8, 4) is 11.5 Å². The first-order valence-corrected chi connectivity index (χ1v) is 7.79. The van der Waals surface area contributed by atoms with Crippen molar-refractivity contribution in [3.05, 3.63) is 59.7 Å². The standard InChI is InChI=1S/C19H21NO5/c1-13(25-16-10-8-14(9-11-16)19(22)24-3)18(21)20-12-15-6-4-5-7-17(15)23-2/h4-11,13H,12H2,1-3H3,(H,20,21). The second-order valence-corrected chi connectivity index (χ2v) is 5.31. The lowest BCUT2D eigenvalue weighted by atomic mass is 10.2. The van der Waals surface area contributed by atoms with Crippen LogP contribution in [-0.2, 0) is 16.1 Å². The number of carbonyl (C=O) groups excluding carboxylic acids is 2. The molecule has 0 aliphatic carbocycles. The summed E-state index contributed by atoms with van der Waals surface area (Å²) in [7, 11) is 2.91. The fourth-order valence-corrected chi connectivity index (χ4v) is 2.22. The molecule has 0 radical (unpaired) electrons. The maximum Gasteiger partial charge on any atom is 0.337 e. The highest BCUT2D eigenvalue weighted by molar-refractivity contribution is 5.89. The minimum absolute atomic E-state index is 0.247. The Hall–Kier alpha value is -3.02. The quantitative estimate of drug-likeness (QED) is 0.782. The van der Waals surface area contributed by atoms with Gasteiger partial charge >= 0.3 is 5.97 Å². The lowest BCUT2D eigenvalue weighted by Crippen LogP contribution is -2.36. The van der Waals surface area contributed by atoms with Crippen molar-refractivity contribution in [2.75, 3.05) is 14.2 Å². The lowest BCUT2D eigenvalue weighted by Gasteiger charge is -2.15. The first-order valence-electron chi connectivity index (χ1n) is 7.79. The molecule has 2 rings (SSSR count). The van der Waals surface area contributed by atoms with E-state index in [1.807, 2.05) is 24.3 Å². The zero-order valence-electron chi connectivity index (χ0n) is 14.4. The van der Waals surface area contributed by atoms with Gasteiger partial charge in [-0.15, -0.1) is 0 Å². The van der Waals surface area contributed by atoms with Crippen molar-refractivity contribution in [2.24, 2.45) is 0 Å². The van der Waals surface area contributed by atoms with E-state index >= 15 is 0 Å². The Morgan fingerprint density at radius 3 is 2.36 bits per heavy atom. The van der Waals surface area contributed by atoms with Crippen LogP contribution in [-0.4, -0.2) is 32.2 Å². The van der Waals surface area contributed by atoms with E-state index in [9.17, 15) is 9.59 Å². The first-order chi connectivity index (χ1) is 12.0. The van der Waals surface area contributed by atoms with Gasteiger partial charge in [0.1, 0.15) is 11.5 Å². The Labute approximate surface area is 146 Å². The van der Waals surface area contributed by atoms with Crippen LogP contribution in [0.25, 0.3) is 0 Å². The molecule has 1 N–H and O–H groups in total. The van der Waals surface area contributed by atoms with Crippen molar-refractivity contribution in [3.63, 3.8) is 0 Å². The molecule has 0 saturated heterocycles. The minimum Gasteiger partial charge on any atom is -0.496 e. The van der Waals surface area contributed by atoms with E-state index in [4.69, 9.17) is 9.47 Å². The summed E-state index contributed by atoms with van der Waals surface area (Å²) in [4.78, 5) is 23.6. The maximum absolute atomic E-state index is 12.2. The molecular weight excluding hydrogens is 322 g/mol. The molecule has 0 fully saturated rings. The molecule has 0 heterocycles. The normalized spacial score (nSPS) is 11.3. The molecule has 0 spiro atoms. The number of benzene rings is 2. The van der Waals surface area contributed by atoms with Crippen LogP contribution in [0, 0.1) is 0 Å². The lowest BCUT2D eigenvalue weighted by molar-refractivity contribution is -0.127. The number of esters is 1. The zero-order chi connectivity index (χ0) is 18.2. The van der Waals surface area contributed by atoms with Gasteiger partial charge in [0.05, 0.1) is 19.8 Å². The fourth-order valence-electron chi connectivity index (χ4n) is 2.22. The molecule has 0 saturated carbocycles. The van der Waals surface area contributed by atoms with E-state index < -0.39 is 12.1 Å². The third kappa shape index (κ3) is 4.97. The smallest absolute Gasteiger partial charge is 0.337 e. The van der Waals surface area contributed by atoms with Gasteiger partial charge in [0.25, 0.3) is 5.91 Å². The van der Waals surface area contributed by atoms with Gasteiger partial charge < -0.3 is 19.5 Å². The summed E-state index contributed by atoms with van der Waals surface area (Å²) in [5.41, 5.74) is 1.30. The predicted octanol–water partition coefficient (Wildman–Crippen LogP) is 2.57. The van der Waals surface area contributed by atoms with E-state index in [-0.39, 0.29) is 5.91 Å². The molecule has 0 bridgehead atoms. The van der Waals surface area contributed by atoms with Crippen LogP contribution in [0.4, 0.5) is 0 Å². The number of hydrogen-bond donors (Lipinski definition) is 1. The number of hydrogen-bond acceptors (Lipinski definition) is 5. The molecule has 132 valence electrons. The highest BCUT2D eigenvalue weighted by Crippen LogP contribution is 2.17. The first kappa shape index (κ1) is 18.3. The highest BCUT2D eigenvalue weighted by atomic mass is 16.5. The number of para-hydroxylation sites is 1. The van der Waals surface area contributed by atoms with Crippen molar-refractivity contribution in [1.82, 2.24) is 5.32 Å². The molecular formula is C19H21NO5. The third-order valence-corrected chi connectivity index (χ3v) is 3.60. The van der Waals surface area contributed by atoms with E-state index in [0.29, 0.717) is 17.9 Å². The number of rotatable bonds is 7. The van der Waals surface area contributed by atoms with Crippen molar-refractivity contribution < 1.29 is 23.8 Å². The molecule has 1 atom stereocenters. The molecule has 0 aromatic heterocycles. The van der Waals surface area contributed by atoms with Crippen LogP contribution < -0.4 is 14.8 Å². The molecule has 2 aromatic carbocycles. The topological polar surface area (TPSA) is 73.9 Å². The van der Waals surface area contributed by atoms with Crippen LogP contribution in [0.2, 0.25) is 0 Å². The summed E-state index contributed by atoms with van der Waals surface area (Å²) in [5.74, 6) is 0.541. The van der Waals surface area contributed by atoms with Gasteiger partial charge in [0.2, 0.25) is 0 Å². The zero-order valence-corrected chi connectivity index (χ0v) is 14.4. The largest absolute Gasteiger partial charge is 0.496 e. The van der Waals surface area contributed by atoms with Gasteiger partial charge in [-0.3, -0.25) is 4.79 Å². The summed E-state index contributed by atoms with van der Waals surface area (Å²) in [6.07, 6.45) is -0.682. The molecule has 25 heavy (non-hydrogen) atoms. The number of amides is 1. The van der Waals surface area contributed by atoms with E-state index in [1.165, 1.54) is 7.11 Å². The molecule has 2 aromatic rings. The number of ether oxygens (including phenoxy) is 3. The predicted molar refractivity (Wildman–Crippen MR) is 92.7 cm³/mol. The van der Waals surface area contributed by atoms with E-state index in [1.54, 1.807) is 38.3 Å². The van der Waals surface area contributed by atoms with E-state index in [0.717, 1.165) is 11.3 Å². The Morgan fingerprint density at radius 1 is 1.04 bits per heavy atom. The SMILES string of the molecule is COC(=O)c1ccc(OC(C)C(=O)NCc2ccccc2OC)cc1. The molecule has 0 aliphatic rings. The van der Waals surface area contributed by atoms with Crippen molar-refractivity contribution in [1.29, 1.82) is 0 Å². The summed E-state index contributed by atoms with van der Waals surface area (Å²) in [6, 6.07) is 13.9. The molecule has 6 nitrogen and oxygen atoms in total. The Morgan fingerprint density at radius 2 is 1.72 bits per heavy atom. The van der Waals surface area contributed by atoms with E-state index in [2.05, 4.69) is 10.1 Å². The maximum atomic E-state index is 12.2. The van der Waals surface area contributed by atoms with Crippen LogP contribution >= 0.6 is 0 Å². The number of methoxy groups -OCH3 is 2. The Bertz CT molecular complexity index is 727. The number of carbonyl (C=O) groups is 2. The van der Waals surface area contributed by atoms with Crippen LogP contribution in [0.15, 0.2) is 48.5 Å². The van der Waals surface area contributed by atoms with Crippen LogP contribution in [0.1, 0.15) is 22.8 Å². The summed E-state index contributed by atoms with van der Waals surface area (Å²) in [5, 5.41) is 2.81. The Balaban J connectivity index is 1.90. The van der Waals surface area contributed by atoms with Gasteiger partial charge in [-0.1, -0.05) is 18.2 Å². The Kier molecular flexibility index (Phi) is 6.39. The average molecular weight is 343 g/mol. The molecule has 0 aliphatic heterocycles.